The van der Waals surface area contributed by atoms with Gasteiger partial charge in [0.15, 0.2) is 0 Å². The van der Waals surface area contributed by atoms with Crippen LogP contribution < -0.4 is 4.74 Å². The standard InChI is InChI=1S/C30H51NO14/c1-2-3-30(32)45-27-25-43-23-21-41-19-17-39-15-13-37-11-9-35-8-10-36-12-14-38-16-18-40-20-22-42-24-26-44-29-6-4-28(5-7-29)31(33)34/h4-7H,2-3,8-27H2,1H3. The Kier molecular flexibility index (Phi) is 28.4. The number of non-ortho nitro benzene ring substituents is 1. The van der Waals surface area contributed by atoms with E-state index in [0.29, 0.717) is 138 Å². The molecule has 0 atom stereocenters. The fraction of sp³-hybridized carbons (Fsp3) is 0.767. The molecule has 0 bridgehead atoms. The molecule has 0 saturated carbocycles. The second-order valence-electron chi connectivity index (χ2n) is 9.08. The molecule has 0 aliphatic heterocycles. The Morgan fingerprint density at radius 1 is 0.533 bits per heavy atom. The fourth-order valence-corrected chi connectivity index (χ4v) is 3.23. The predicted molar refractivity (Wildman–Crippen MR) is 162 cm³/mol. The third kappa shape index (κ3) is 27.6. The van der Waals surface area contributed by atoms with Crippen LogP contribution in [0, 0.1) is 10.1 Å². The van der Waals surface area contributed by atoms with Gasteiger partial charge in [0.2, 0.25) is 0 Å². The highest BCUT2D eigenvalue weighted by Crippen LogP contribution is 2.17. The monoisotopic (exact) mass is 649 g/mol. The summed E-state index contributed by atoms with van der Waals surface area (Å²) in [5, 5.41) is 10.6. The summed E-state index contributed by atoms with van der Waals surface area (Å²) in [7, 11) is 0. The molecule has 1 aromatic rings. The largest absolute Gasteiger partial charge is 0.491 e. The van der Waals surface area contributed by atoms with Crippen molar-refractivity contribution in [2.24, 2.45) is 0 Å². The third-order valence-electron chi connectivity index (χ3n) is 5.46. The highest BCUT2D eigenvalue weighted by Gasteiger charge is 2.04. The van der Waals surface area contributed by atoms with Crippen LogP contribution in [-0.4, -0.2) is 143 Å². The van der Waals surface area contributed by atoms with E-state index in [1.165, 1.54) is 12.1 Å². The molecule has 1 aromatic carbocycles. The van der Waals surface area contributed by atoms with Gasteiger partial charge in [-0.1, -0.05) is 6.92 Å². The summed E-state index contributed by atoms with van der Waals surface area (Å²) in [4.78, 5) is 21.3. The van der Waals surface area contributed by atoms with Gasteiger partial charge in [-0.2, -0.15) is 0 Å². The number of esters is 1. The van der Waals surface area contributed by atoms with Crippen LogP contribution in [-0.2, 0) is 52.2 Å². The van der Waals surface area contributed by atoms with Crippen molar-refractivity contribution in [2.75, 3.05) is 132 Å². The Labute approximate surface area is 265 Å². The first kappa shape index (κ1) is 40.6. The lowest BCUT2D eigenvalue weighted by molar-refractivity contribution is -0.384. The Balaban J connectivity index is 1.66. The van der Waals surface area contributed by atoms with Gasteiger partial charge >= 0.3 is 5.97 Å². The van der Waals surface area contributed by atoms with Crippen molar-refractivity contribution in [2.45, 2.75) is 19.8 Å². The lowest BCUT2D eigenvalue weighted by atomic mass is 10.3. The molecule has 0 N–H and O–H groups in total. The first-order chi connectivity index (χ1) is 22.1. The Hall–Kier alpha value is -2.47. The third-order valence-corrected chi connectivity index (χ3v) is 5.46. The molecule has 260 valence electrons. The minimum atomic E-state index is -0.454. The van der Waals surface area contributed by atoms with Crippen LogP contribution in [0.4, 0.5) is 5.69 Å². The lowest BCUT2D eigenvalue weighted by Crippen LogP contribution is -2.15. The van der Waals surface area contributed by atoms with Gasteiger partial charge in [0.25, 0.3) is 5.69 Å². The van der Waals surface area contributed by atoms with Crippen LogP contribution in [0.2, 0.25) is 0 Å². The van der Waals surface area contributed by atoms with Crippen molar-refractivity contribution >= 4 is 11.7 Å². The van der Waals surface area contributed by atoms with E-state index in [-0.39, 0.29) is 18.3 Å². The van der Waals surface area contributed by atoms with Crippen molar-refractivity contribution in [3.8, 4) is 5.75 Å². The highest BCUT2D eigenvalue weighted by molar-refractivity contribution is 5.69. The molecule has 0 fully saturated rings. The van der Waals surface area contributed by atoms with Crippen LogP contribution in [0.1, 0.15) is 19.8 Å². The highest BCUT2D eigenvalue weighted by atomic mass is 16.6. The lowest BCUT2D eigenvalue weighted by Gasteiger charge is -2.09. The van der Waals surface area contributed by atoms with Crippen LogP contribution in [0.15, 0.2) is 24.3 Å². The molecule has 0 heterocycles. The molecule has 1 rings (SSSR count). The number of ether oxygens (including phenoxy) is 11. The second-order valence-corrected chi connectivity index (χ2v) is 9.08. The number of nitro groups is 1. The van der Waals surface area contributed by atoms with Crippen LogP contribution in [0.5, 0.6) is 5.75 Å². The average Bonchev–Trinajstić information content (AvgIpc) is 3.04. The number of hydrogen-bond acceptors (Lipinski definition) is 14. The molecular formula is C30H51NO14. The molecule has 0 aromatic heterocycles. The zero-order valence-corrected chi connectivity index (χ0v) is 26.5. The van der Waals surface area contributed by atoms with Gasteiger partial charge in [-0.3, -0.25) is 14.9 Å². The van der Waals surface area contributed by atoms with Gasteiger partial charge in [0.1, 0.15) is 19.0 Å². The molecule has 0 spiro atoms. The van der Waals surface area contributed by atoms with Crippen molar-refractivity contribution in [3.05, 3.63) is 34.4 Å². The van der Waals surface area contributed by atoms with Gasteiger partial charge in [-0.05, 0) is 18.6 Å². The summed E-state index contributed by atoms with van der Waals surface area (Å²) in [5.74, 6) is 0.358. The fourth-order valence-electron chi connectivity index (χ4n) is 3.23. The maximum Gasteiger partial charge on any atom is 0.305 e. The van der Waals surface area contributed by atoms with Gasteiger partial charge in [-0.15, -0.1) is 0 Å². The van der Waals surface area contributed by atoms with Gasteiger partial charge in [0, 0.05) is 18.6 Å². The summed E-state index contributed by atoms with van der Waals surface area (Å²) < 4.78 is 59.3. The molecule has 15 nitrogen and oxygen atoms in total. The zero-order valence-electron chi connectivity index (χ0n) is 26.5. The first-order valence-corrected chi connectivity index (χ1v) is 15.4. The van der Waals surface area contributed by atoms with Crippen LogP contribution in [0.25, 0.3) is 0 Å². The maximum absolute atomic E-state index is 11.2. The average molecular weight is 650 g/mol. The normalized spacial score (nSPS) is 11.1. The van der Waals surface area contributed by atoms with Crippen molar-refractivity contribution in [1.82, 2.24) is 0 Å². The van der Waals surface area contributed by atoms with E-state index in [9.17, 15) is 14.9 Å². The van der Waals surface area contributed by atoms with Gasteiger partial charge in [-0.25, -0.2) is 0 Å². The van der Waals surface area contributed by atoms with E-state index >= 15 is 0 Å². The molecule has 15 heteroatoms. The molecule has 0 saturated heterocycles. The molecule has 0 radical (unpaired) electrons. The number of hydrogen-bond donors (Lipinski definition) is 0. The summed E-state index contributed by atoms with van der Waals surface area (Å²) in [6.45, 7) is 10.8. The number of rotatable bonds is 34. The van der Waals surface area contributed by atoms with E-state index in [0.717, 1.165) is 6.42 Å². The van der Waals surface area contributed by atoms with Gasteiger partial charge < -0.3 is 52.1 Å². The predicted octanol–water partition coefficient (Wildman–Crippen LogP) is 2.47. The molecule has 0 aliphatic carbocycles. The topological polar surface area (TPSA) is 162 Å². The Bertz CT molecular complexity index is 814. The molecule has 45 heavy (non-hydrogen) atoms. The number of carbonyl (C=O) groups excluding carboxylic acids is 1. The SMILES string of the molecule is CCCC(=O)OCCOCCOCCOCCOCCOCCOCCOCCOCCOCCOc1ccc([N+](=O)[O-])cc1. The van der Waals surface area contributed by atoms with E-state index in [1.807, 2.05) is 6.92 Å². The number of nitro benzene ring substituents is 1. The quantitative estimate of drug-likeness (QED) is 0.0463. The van der Waals surface area contributed by atoms with E-state index < -0.39 is 4.92 Å². The summed E-state index contributed by atoms with van der Waals surface area (Å²) in [5.41, 5.74) is 0.0231. The van der Waals surface area contributed by atoms with E-state index in [2.05, 4.69) is 0 Å². The Morgan fingerprint density at radius 2 is 0.844 bits per heavy atom. The second kappa shape index (κ2) is 31.5. The van der Waals surface area contributed by atoms with Crippen molar-refractivity contribution < 1.29 is 61.8 Å². The van der Waals surface area contributed by atoms with E-state index in [4.69, 9.17) is 52.1 Å². The summed E-state index contributed by atoms with van der Waals surface area (Å²) >= 11 is 0. The van der Waals surface area contributed by atoms with Crippen LogP contribution in [0.3, 0.4) is 0 Å². The summed E-state index contributed by atoms with van der Waals surface area (Å²) in [6, 6.07) is 5.90. The van der Waals surface area contributed by atoms with Crippen molar-refractivity contribution in [1.29, 1.82) is 0 Å². The van der Waals surface area contributed by atoms with Gasteiger partial charge in [0.05, 0.1) is 124 Å². The molecule has 0 aliphatic rings. The molecule has 0 unspecified atom stereocenters. The van der Waals surface area contributed by atoms with E-state index in [1.54, 1.807) is 12.1 Å². The minimum Gasteiger partial charge on any atom is -0.491 e. The number of nitrogens with zero attached hydrogens (tertiary/aromatic N) is 1. The zero-order chi connectivity index (χ0) is 32.5. The molecular weight excluding hydrogens is 598 g/mol. The number of carbonyl (C=O) groups is 1. The first-order valence-electron chi connectivity index (χ1n) is 15.4. The molecule has 0 amide bonds. The number of benzene rings is 1. The minimum absolute atomic E-state index is 0.0231. The van der Waals surface area contributed by atoms with Crippen LogP contribution >= 0.6 is 0 Å². The summed E-state index contributed by atoms with van der Waals surface area (Å²) in [6.07, 6.45) is 1.22. The van der Waals surface area contributed by atoms with Crippen molar-refractivity contribution in [3.63, 3.8) is 0 Å². The Morgan fingerprint density at radius 3 is 1.16 bits per heavy atom. The maximum atomic E-state index is 11.2. The smallest absolute Gasteiger partial charge is 0.305 e.